The average Bonchev–Trinajstić information content (AvgIpc) is 2.71. The van der Waals surface area contributed by atoms with Gasteiger partial charge in [-0.05, 0) is 0 Å². The molecule has 12 heteroatoms. The molecule has 0 saturated carbocycles. The van der Waals surface area contributed by atoms with Crippen molar-refractivity contribution in [1.29, 1.82) is 0 Å². The van der Waals surface area contributed by atoms with E-state index in [1.54, 1.807) is 18.2 Å². The van der Waals surface area contributed by atoms with E-state index >= 15 is 0 Å². The Morgan fingerprint density at radius 3 is 2.00 bits per heavy atom. The topological polar surface area (TPSA) is 144 Å². The van der Waals surface area contributed by atoms with Crippen LogP contribution in [-0.2, 0) is 49.5 Å². The maximum atomic E-state index is 11.8. The van der Waals surface area contributed by atoms with Crippen LogP contribution < -0.4 is 9.09 Å². The van der Waals surface area contributed by atoms with Crippen molar-refractivity contribution in [1.82, 2.24) is 0 Å². The van der Waals surface area contributed by atoms with Crippen molar-refractivity contribution in [2.45, 2.75) is 65.0 Å². The first-order valence-corrected chi connectivity index (χ1v) is 11.2. The quantitative estimate of drug-likeness (QED) is 0.249. The normalized spacial score (nSPS) is 24.4. The van der Waals surface area contributed by atoms with Gasteiger partial charge in [0.15, 0.2) is 0 Å². The van der Waals surface area contributed by atoms with Crippen molar-refractivity contribution in [2.75, 3.05) is 6.61 Å². The molecule has 0 radical (unpaired) electrons. The summed E-state index contributed by atoms with van der Waals surface area (Å²) < 4.78 is 33.6. The molecule has 0 bridgehead atoms. The van der Waals surface area contributed by atoms with Crippen molar-refractivity contribution < 1.29 is 52.7 Å². The molecule has 1 aromatic rings. The Labute approximate surface area is 199 Å². The summed E-state index contributed by atoms with van der Waals surface area (Å²) in [6.07, 6.45) is -6.27. The summed E-state index contributed by atoms with van der Waals surface area (Å²) in [5, 5.41) is 9.33. The van der Waals surface area contributed by atoms with Gasteiger partial charge in [0.25, 0.3) is 0 Å². The summed E-state index contributed by atoms with van der Waals surface area (Å²) >= 11 is 1.21. The maximum absolute atomic E-state index is 11.8. The Kier molecular flexibility index (Phi) is 9.69. The first-order valence-electron chi connectivity index (χ1n) is 9.98. The SMILES string of the molecule is CC(=O)OC[C@H]1O[C@@H](Oc2ccc(CO)cc2[AsH2])[C@H](OC(C)=O)[C@@H](OC(C)=O)[C@H]1OC(C)=O. The van der Waals surface area contributed by atoms with Gasteiger partial charge in [-0.1, -0.05) is 0 Å². The first-order chi connectivity index (χ1) is 15.5. The summed E-state index contributed by atoms with van der Waals surface area (Å²) in [7, 11) is 0. The predicted molar refractivity (Wildman–Crippen MR) is 113 cm³/mol. The van der Waals surface area contributed by atoms with Crippen LogP contribution in [0.2, 0.25) is 0 Å². The minimum absolute atomic E-state index is 0.156. The summed E-state index contributed by atoms with van der Waals surface area (Å²) in [4.78, 5) is 46.8. The van der Waals surface area contributed by atoms with Gasteiger partial charge in [0.2, 0.25) is 0 Å². The molecule has 0 spiro atoms. The molecular formula is C21H27AsO11. The third-order valence-corrected chi connectivity index (χ3v) is 5.39. The van der Waals surface area contributed by atoms with Gasteiger partial charge in [0, 0.05) is 0 Å². The van der Waals surface area contributed by atoms with Crippen LogP contribution >= 0.6 is 0 Å². The predicted octanol–water partition coefficient (Wildman–Crippen LogP) is -1.10. The monoisotopic (exact) mass is 530 g/mol. The second-order valence-corrected chi connectivity index (χ2v) is 8.52. The van der Waals surface area contributed by atoms with Gasteiger partial charge in [-0.3, -0.25) is 0 Å². The molecule has 1 aromatic carbocycles. The minimum atomic E-state index is -1.31. The van der Waals surface area contributed by atoms with Crippen LogP contribution in [0.1, 0.15) is 33.3 Å². The molecule has 1 unspecified atom stereocenters. The molecular weight excluding hydrogens is 503 g/mol. The molecule has 1 aliphatic heterocycles. The van der Waals surface area contributed by atoms with Crippen LogP contribution in [0.4, 0.5) is 0 Å². The number of aliphatic hydroxyl groups excluding tert-OH is 1. The Bertz CT molecular complexity index is 887. The molecule has 11 nitrogen and oxygen atoms in total. The molecule has 0 amide bonds. The number of carbonyl (C=O) groups excluding carboxylic acids is 4. The van der Waals surface area contributed by atoms with E-state index in [4.69, 9.17) is 28.4 Å². The third kappa shape index (κ3) is 7.73. The van der Waals surface area contributed by atoms with E-state index in [9.17, 15) is 24.3 Å². The van der Waals surface area contributed by atoms with E-state index in [0.717, 1.165) is 20.8 Å². The summed E-state index contributed by atoms with van der Waals surface area (Å²) in [5.41, 5.74) is 0.670. The Morgan fingerprint density at radius 1 is 0.909 bits per heavy atom. The van der Waals surface area contributed by atoms with Gasteiger partial charge < -0.3 is 0 Å². The van der Waals surface area contributed by atoms with Gasteiger partial charge in [-0.25, -0.2) is 0 Å². The molecule has 1 heterocycles. The fraction of sp³-hybridized carbons (Fsp3) is 0.524. The summed E-state index contributed by atoms with van der Waals surface area (Å²) in [6.45, 7) is 4.13. The first kappa shape index (κ1) is 26.6. The van der Waals surface area contributed by atoms with Crippen LogP contribution in [0.25, 0.3) is 0 Å². The number of ether oxygens (including phenoxy) is 6. The van der Waals surface area contributed by atoms with Gasteiger partial charge in [0.1, 0.15) is 0 Å². The summed E-state index contributed by atoms with van der Waals surface area (Å²) in [6, 6.07) is 4.97. The van der Waals surface area contributed by atoms with Crippen LogP contribution in [-0.4, -0.2) is 83.1 Å². The second-order valence-electron chi connectivity index (χ2n) is 7.22. The van der Waals surface area contributed by atoms with Gasteiger partial charge >= 0.3 is 199 Å². The number of hydrogen-bond acceptors (Lipinski definition) is 11. The summed E-state index contributed by atoms with van der Waals surface area (Å²) in [5.74, 6) is -2.40. The van der Waals surface area contributed by atoms with Crippen molar-refractivity contribution in [3.8, 4) is 5.75 Å². The zero-order chi connectivity index (χ0) is 24.7. The van der Waals surface area contributed by atoms with E-state index in [2.05, 4.69) is 0 Å². The Morgan fingerprint density at radius 2 is 1.48 bits per heavy atom. The van der Waals surface area contributed by atoms with E-state index in [0.29, 0.717) is 15.7 Å². The molecule has 6 atom stereocenters. The molecule has 2 rings (SSSR count). The zero-order valence-electron chi connectivity index (χ0n) is 18.6. The third-order valence-electron chi connectivity index (χ3n) is 4.45. The average molecular weight is 530 g/mol. The van der Waals surface area contributed by atoms with E-state index < -0.39 is 54.6 Å². The van der Waals surface area contributed by atoms with E-state index in [1.807, 2.05) is 0 Å². The zero-order valence-corrected chi connectivity index (χ0v) is 21.1. The molecule has 1 fully saturated rings. The number of rotatable bonds is 8. The fourth-order valence-corrected chi connectivity index (χ4v) is 4.01. The van der Waals surface area contributed by atoms with Crippen LogP contribution in [0.5, 0.6) is 5.75 Å². The number of esters is 4. The number of carbonyl (C=O) groups is 4. The molecule has 182 valence electrons. The molecule has 1 N–H and O–H groups in total. The molecule has 0 aliphatic carbocycles. The number of hydrogen-bond donors (Lipinski definition) is 1. The van der Waals surface area contributed by atoms with Crippen molar-refractivity contribution in [2.24, 2.45) is 0 Å². The number of aliphatic hydroxyl groups is 1. The number of benzene rings is 1. The Hall–Kier alpha value is -2.62. The van der Waals surface area contributed by atoms with E-state index in [1.165, 1.54) is 23.8 Å². The van der Waals surface area contributed by atoms with Crippen LogP contribution in [0, 0.1) is 0 Å². The van der Waals surface area contributed by atoms with Crippen LogP contribution in [0.15, 0.2) is 18.2 Å². The van der Waals surface area contributed by atoms with Crippen molar-refractivity contribution in [3.05, 3.63) is 23.8 Å². The van der Waals surface area contributed by atoms with Crippen molar-refractivity contribution >= 4 is 45.1 Å². The van der Waals surface area contributed by atoms with Gasteiger partial charge in [0.05, 0.1) is 0 Å². The Balaban J connectivity index is 2.47. The molecule has 1 aliphatic rings. The van der Waals surface area contributed by atoms with Crippen molar-refractivity contribution in [3.63, 3.8) is 0 Å². The van der Waals surface area contributed by atoms with Crippen LogP contribution in [0.3, 0.4) is 0 Å². The van der Waals surface area contributed by atoms with Gasteiger partial charge in [-0.2, -0.15) is 0 Å². The molecule has 33 heavy (non-hydrogen) atoms. The molecule has 0 aromatic heterocycles. The standard InChI is InChI=1S/C21H27AsO11/c1-10(24)28-9-17-18(29-11(2)25)19(30-12(3)26)20(31-13(4)27)21(33-17)32-16-6-5-14(8-23)7-15(16)22/h5-7,17-21,23H,8-9,22H2,1-4H3/t17-,18+,19+,20-,21-/m1/s1. The second kappa shape index (κ2) is 12.0. The fourth-order valence-electron chi connectivity index (χ4n) is 3.21. The molecule has 1 saturated heterocycles. The van der Waals surface area contributed by atoms with Gasteiger partial charge in [-0.15, -0.1) is 0 Å². The van der Waals surface area contributed by atoms with E-state index in [-0.39, 0.29) is 13.2 Å².